The molecule has 0 saturated heterocycles. The summed E-state index contributed by atoms with van der Waals surface area (Å²) in [5.74, 6) is 0. The molecule has 0 saturated carbocycles. The smallest absolute Gasteiger partial charge is 0.203 e. The van der Waals surface area contributed by atoms with Gasteiger partial charge in [-0.3, -0.25) is 4.79 Å². The van der Waals surface area contributed by atoms with Crippen LogP contribution in [0.3, 0.4) is 0 Å². The monoisotopic (exact) mass is 233 g/mol. The standard InChI is InChI=1S/C7H8BrNOS/c1-4-6(3-7(8)10)11-5(2)9-4/h3H2,1-2H3. The van der Waals surface area contributed by atoms with Crippen LogP contribution in [0.15, 0.2) is 0 Å². The molecule has 0 aliphatic heterocycles. The maximum atomic E-state index is 10.7. The topological polar surface area (TPSA) is 30.0 Å². The molecule has 4 heteroatoms. The fourth-order valence-corrected chi connectivity index (χ4v) is 2.27. The number of hydrogen-bond acceptors (Lipinski definition) is 3. The van der Waals surface area contributed by atoms with Crippen LogP contribution in [0.25, 0.3) is 0 Å². The minimum Gasteiger partial charge on any atom is -0.286 e. The van der Waals surface area contributed by atoms with Crippen molar-refractivity contribution in [1.82, 2.24) is 4.98 Å². The maximum Gasteiger partial charge on any atom is 0.203 e. The van der Waals surface area contributed by atoms with E-state index in [0.29, 0.717) is 6.42 Å². The second kappa shape index (κ2) is 3.45. The Hall–Kier alpha value is -0.220. The predicted octanol–water partition coefficient (Wildman–Crippen LogP) is 2.22. The molecule has 0 bridgehead atoms. The molecule has 0 aliphatic carbocycles. The molecular weight excluding hydrogens is 226 g/mol. The van der Waals surface area contributed by atoms with E-state index in [1.807, 2.05) is 13.8 Å². The minimum absolute atomic E-state index is 0.0178. The lowest BCUT2D eigenvalue weighted by Gasteiger charge is -1.89. The Morgan fingerprint density at radius 1 is 1.64 bits per heavy atom. The van der Waals surface area contributed by atoms with Gasteiger partial charge in [0.2, 0.25) is 4.69 Å². The Bertz CT molecular complexity index is 282. The molecule has 1 aromatic rings. The van der Waals surface area contributed by atoms with E-state index in [-0.39, 0.29) is 4.69 Å². The number of aromatic nitrogens is 1. The Morgan fingerprint density at radius 2 is 2.27 bits per heavy atom. The fourth-order valence-electron chi connectivity index (χ4n) is 0.864. The van der Waals surface area contributed by atoms with Gasteiger partial charge in [-0.15, -0.1) is 11.3 Å². The lowest BCUT2D eigenvalue weighted by atomic mass is 10.3. The van der Waals surface area contributed by atoms with Crippen LogP contribution in [-0.4, -0.2) is 9.68 Å². The highest BCUT2D eigenvalue weighted by Gasteiger charge is 2.06. The van der Waals surface area contributed by atoms with Gasteiger partial charge in [0.25, 0.3) is 0 Å². The first-order chi connectivity index (χ1) is 5.09. The van der Waals surface area contributed by atoms with Crippen LogP contribution in [0.1, 0.15) is 15.6 Å². The molecule has 1 heterocycles. The van der Waals surface area contributed by atoms with Crippen molar-refractivity contribution in [1.29, 1.82) is 0 Å². The molecule has 0 N–H and O–H groups in total. The minimum atomic E-state index is 0.0178. The number of rotatable bonds is 2. The van der Waals surface area contributed by atoms with Gasteiger partial charge in [0.1, 0.15) is 0 Å². The lowest BCUT2D eigenvalue weighted by molar-refractivity contribution is -0.109. The van der Waals surface area contributed by atoms with Crippen LogP contribution in [0, 0.1) is 13.8 Å². The zero-order valence-corrected chi connectivity index (χ0v) is 8.75. The number of nitrogens with zero attached hydrogens (tertiary/aromatic N) is 1. The highest BCUT2D eigenvalue weighted by Crippen LogP contribution is 2.18. The molecule has 11 heavy (non-hydrogen) atoms. The zero-order valence-electron chi connectivity index (χ0n) is 6.35. The van der Waals surface area contributed by atoms with Crippen molar-refractivity contribution >= 4 is 32.0 Å². The van der Waals surface area contributed by atoms with Crippen molar-refractivity contribution in [2.75, 3.05) is 0 Å². The van der Waals surface area contributed by atoms with Crippen molar-refractivity contribution in [2.24, 2.45) is 0 Å². The van der Waals surface area contributed by atoms with Crippen molar-refractivity contribution in [3.05, 3.63) is 15.6 Å². The first-order valence-electron chi connectivity index (χ1n) is 3.21. The van der Waals surface area contributed by atoms with E-state index in [1.165, 1.54) is 0 Å². The van der Waals surface area contributed by atoms with Gasteiger partial charge in [-0.2, -0.15) is 0 Å². The molecule has 60 valence electrons. The van der Waals surface area contributed by atoms with E-state index >= 15 is 0 Å². The van der Waals surface area contributed by atoms with Crippen molar-refractivity contribution in [3.63, 3.8) is 0 Å². The molecule has 0 aromatic carbocycles. The van der Waals surface area contributed by atoms with Gasteiger partial charge in [0.05, 0.1) is 17.1 Å². The SMILES string of the molecule is Cc1nc(C)c(CC(=O)Br)s1. The normalized spacial score (nSPS) is 10.1. The van der Waals surface area contributed by atoms with Gasteiger partial charge >= 0.3 is 0 Å². The number of aryl methyl sites for hydroxylation is 2. The van der Waals surface area contributed by atoms with Crippen LogP contribution < -0.4 is 0 Å². The van der Waals surface area contributed by atoms with Crippen LogP contribution >= 0.6 is 27.3 Å². The summed E-state index contributed by atoms with van der Waals surface area (Å²) < 4.78 is 0.0178. The molecule has 1 aromatic heterocycles. The number of thiazole rings is 1. The molecule has 0 fully saturated rings. The summed E-state index contributed by atoms with van der Waals surface area (Å²) in [6.45, 7) is 3.87. The third-order valence-corrected chi connectivity index (χ3v) is 2.65. The van der Waals surface area contributed by atoms with E-state index in [1.54, 1.807) is 11.3 Å². The summed E-state index contributed by atoms with van der Waals surface area (Å²) in [7, 11) is 0. The van der Waals surface area contributed by atoms with Crippen LogP contribution in [0.4, 0.5) is 0 Å². The highest BCUT2D eigenvalue weighted by molar-refractivity contribution is 9.18. The number of hydrogen-bond donors (Lipinski definition) is 0. The van der Waals surface area contributed by atoms with Crippen LogP contribution in [0.2, 0.25) is 0 Å². The quantitative estimate of drug-likeness (QED) is 0.734. The average molecular weight is 234 g/mol. The largest absolute Gasteiger partial charge is 0.286 e. The first-order valence-corrected chi connectivity index (χ1v) is 4.82. The van der Waals surface area contributed by atoms with Crippen LogP contribution in [0.5, 0.6) is 0 Å². The second-order valence-electron chi connectivity index (χ2n) is 2.27. The van der Waals surface area contributed by atoms with Gasteiger partial charge in [-0.25, -0.2) is 4.98 Å². The summed E-state index contributed by atoms with van der Waals surface area (Å²) in [6, 6.07) is 0. The van der Waals surface area contributed by atoms with Gasteiger partial charge in [-0.1, -0.05) is 0 Å². The van der Waals surface area contributed by atoms with E-state index < -0.39 is 0 Å². The molecule has 0 unspecified atom stereocenters. The summed E-state index contributed by atoms with van der Waals surface area (Å²) in [5, 5.41) is 1.02. The third kappa shape index (κ3) is 2.38. The van der Waals surface area contributed by atoms with Gasteiger partial charge in [0, 0.05) is 4.88 Å². The van der Waals surface area contributed by atoms with Crippen molar-refractivity contribution < 1.29 is 4.79 Å². The average Bonchev–Trinajstić information content (AvgIpc) is 2.09. The molecule has 0 radical (unpaired) electrons. The van der Waals surface area contributed by atoms with Gasteiger partial charge in [-0.05, 0) is 29.8 Å². The summed E-state index contributed by atoms with van der Waals surface area (Å²) in [6.07, 6.45) is 0.456. The Balaban J connectivity index is 2.85. The van der Waals surface area contributed by atoms with Crippen LogP contribution in [-0.2, 0) is 11.2 Å². The number of carbonyl (C=O) groups excluding carboxylic acids is 1. The summed E-state index contributed by atoms with van der Waals surface area (Å²) >= 11 is 4.48. The van der Waals surface area contributed by atoms with Gasteiger partial charge < -0.3 is 0 Å². The van der Waals surface area contributed by atoms with Gasteiger partial charge in [0.15, 0.2) is 0 Å². The molecule has 0 amide bonds. The van der Waals surface area contributed by atoms with E-state index in [2.05, 4.69) is 20.9 Å². The lowest BCUT2D eigenvalue weighted by Crippen LogP contribution is -1.91. The number of halogens is 1. The molecular formula is C7H8BrNOS. The molecule has 2 nitrogen and oxygen atoms in total. The third-order valence-electron chi connectivity index (χ3n) is 1.30. The molecule has 0 atom stereocenters. The summed E-state index contributed by atoms with van der Waals surface area (Å²) in [5.41, 5.74) is 0.973. The Kier molecular flexibility index (Phi) is 2.78. The molecule has 0 aliphatic rings. The maximum absolute atomic E-state index is 10.7. The van der Waals surface area contributed by atoms with Crippen molar-refractivity contribution in [3.8, 4) is 0 Å². The predicted molar refractivity (Wildman–Crippen MR) is 49.2 cm³/mol. The molecule has 1 rings (SSSR count). The fraction of sp³-hybridized carbons (Fsp3) is 0.429. The van der Waals surface area contributed by atoms with Crippen molar-refractivity contribution in [2.45, 2.75) is 20.3 Å². The molecule has 0 spiro atoms. The van der Waals surface area contributed by atoms with E-state index in [9.17, 15) is 4.79 Å². The second-order valence-corrected chi connectivity index (χ2v) is 4.45. The number of carbonyl (C=O) groups is 1. The summed E-state index contributed by atoms with van der Waals surface area (Å²) in [4.78, 5) is 15.9. The highest BCUT2D eigenvalue weighted by atomic mass is 79.9. The van der Waals surface area contributed by atoms with E-state index in [0.717, 1.165) is 15.6 Å². The Labute approximate surface area is 77.8 Å². The Morgan fingerprint density at radius 3 is 2.64 bits per heavy atom. The zero-order chi connectivity index (χ0) is 8.43. The first kappa shape index (κ1) is 8.87. The van der Waals surface area contributed by atoms with E-state index in [4.69, 9.17) is 0 Å².